The number of nitrogens with one attached hydrogen (secondary N) is 1. The molecule has 1 amide bonds. The van der Waals surface area contributed by atoms with E-state index in [0.717, 1.165) is 12.3 Å². The molecule has 24 heavy (non-hydrogen) atoms. The van der Waals surface area contributed by atoms with E-state index >= 15 is 0 Å². The summed E-state index contributed by atoms with van der Waals surface area (Å²) < 4.78 is 33.4. The van der Waals surface area contributed by atoms with Gasteiger partial charge in [-0.1, -0.05) is 13.8 Å². The van der Waals surface area contributed by atoms with Crippen LogP contribution in [0.25, 0.3) is 0 Å². The van der Waals surface area contributed by atoms with Crippen LogP contribution in [0.4, 0.5) is 0 Å². The molecule has 2 atom stereocenters. The quantitative estimate of drug-likeness (QED) is 0.779. The van der Waals surface area contributed by atoms with Crippen molar-refractivity contribution < 1.29 is 32.3 Å². The zero-order chi connectivity index (χ0) is 18.3. The summed E-state index contributed by atoms with van der Waals surface area (Å²) in [5, 5.41) is 11.8. The van der Waals surface area contributed by atoms with Crippen LogP contribution in [0.3, 0.4) is 0 Å². The summed E-state index contributed by atoms with van der Waals surface area (Å²) in [5.74, 6) is -2.21. The second kappa shape index (κ2) is 5.89. The van der Waals surface area contributed by atoms with Gasteiger partial charge in [-0.25, -0.2) is 13.2 Å². The summed E-state index contributed by atoms with van der Waals surface area (Å²) >= 11 is 0. The molecular weight excluding hydrogens is 338 g/mol. The Kier molecular flexibility index (Phi) is 4.53. The number of furan rings is 1. The van der Waals surface area contributed by atoms with Crippen LogP contribution in [0, 0.1) is 5.41 Å². The lowest BCUT2D eigenvalue weighted by atomic mass is 9.54. The number of hydrogen-bond donors (Lipinski definition) is 2. The summed E-state index contributed by atoms with van der Waals surface area (Å²) in [6, 6.07) is 2.36. The normalized spacial score (nSPS) is 25.8. The van der Waals surface area contributed by atoms with Crippen molar-refractivity contribution in [2.75, 3.05) is 12.9 Å². The molecule has 2 unspecified atom stereocenters. The topological polar surface area (TPSA) is 123 Å². The van der Waals surface area contributed by atoms with Gasteiger partial charge in [0, 0.05) is 24.7 Å². The molecular formula is C15H21NO7S. The van der Waals surface area contributed by atoms with Gasteiger partial charge in [0.25, 0.3) is 5.91 Å². The van der Waals surface area contributed by atoms with Crippen molar-refractivity contribution in [1.82, 2.24) is 5.32 Å². The number of carbonyl (C=O) groups is 2. The molecule has 0 saturated heterocycles. The average Bonchev–Trinajstić information content (AvgIpc) is 2.95. The maximum atomic E-state index is 12.3. The number of rotatable bonds is 6. The van der Waals surface area contributed by atoms with Crippen LogP contribution in [-0.2, 0) is 19.4 Å². The van der Waals surface area contributed by atoms with E-state index in [1.165, 1.54) is 6.07 Å². The minimum absolute atomic E-state index is 0.120. The van der Waals surface area contributed by atoms with E-state index in [9.17, 15) is 23.1 Å². The van der Waals surface area contributed by atoms with E-state index in [1.54, 1.807) is 13.8 Å². The molecule has 1 aliphatic carbocycles. The van der Waals surface area contributed by atoms with Gasteiger partial charge < -0.3 is 19.6 Å². The van der Waals surface area contributed by atoms with Gasteiger partial charge in [0.1, 0.15) is 5.54 Å². The number of sulfone groups is 1. The molecule has 0 aromatic carbocycles. The Balaban J connectivity index is 2.25. The van der Waals surface area contributed by atoms with Crippen molar-refractivity contribution in [3.63, 3.8) is 0 Å². The first-order valence-electron chi connectivity index (χ1n) is 7.43. The fourth-order valence-corrected chi connectivity index (χ4v) is 3.49. The van der Waals surface area contributed by atoms with Gasteiger partial charge in [-0.05, 0) is 19.1 Å². The van der Waals surface area contributed by atoms with Crippen molar-refractivity contribution >= 4 is 21.7 Å². The predicted molar refractivity (Wildman–Crippen MR) is 83.5 cm³/mol. The van der Waals surface area contributed by atoms with Gasteiger partial charge in [0.15, 0.2) is 5.76 Å². The third-order valence-electron chi connectivity index (χ3n) is 4.63. The van der Waals surface area contributed by atoms with E-state index in [2.05, 4.69) is 5.32 Å². The molecule has 1 aromatic heterocycles. The van der Waals surface area contributed by atoms with Gasteiger partial charge in [0.2, 0.25) is 14.9 Å². The van der Waals surface area contributed by atoms with E-state index in [4.69, 9.17) is 9.15 Å². The first kappa shape index (κ1) is 18.5. The summed E-state index contributed by atoms with van der Waals surface area (Å²) in [6.07, 6.45) is 0.768. The Morgan fingerprint density at radius 3 is 2.46 bits per heavy atom. The summed E-state index contributed by atoms with van der Waals surface area (Å²) in [5.41, 5.74) is -2.35. The van der Waals surface area contributed by atoms with E-state index in [0.29, 0.717) is 6.61 Å². The number of amides is 1. The molecule has 134 valence electrons. The van der Waals surface area contributed by atoms with Gasteiger partial charge in [0.05, 0.1) is 6.10 Å². The van der Waals surface area contributed by atoms with Crippen molar-refractivity contribution in [1.29, 1.82) is 0 Å². The molecule has 9 heteroatoms. The van der Waals surface area contributed by atoms with Gasteiger partial charge in [-0.3, -0.25) is 4.79 Å². The van der Waals surface area contributed by atoms with E-state index in [-0.39, 0.29) is 23.4 Å². The summed E-state index contributed by atoms with van der Waals surface area (Å²) in [7, 11) is -3.59. The zero-order valence-electron chi connectivity index (χ0n) is 14.0. The van der Waals surface area contributed by atoms with Gasteiger partial charge in [-0.2, -0.15) is 0 Å². The van der Waals surface area contributed by atoms with Gasteiger partial charge in [-0.15, -0.1) is 0 Å². The highest BCUT2D eigenvalue weighted by Gasteiger charge is 2.66. The highest BCUT2D eigenvalue weighted by Crippen LogP contribution is 2.51. The summed E-state index contributed by atoms with van der Waals surface area (Å²) in [4.78, 5) is 24.1. The number of carboxylic acids is 1. The standard InChI is InChI=1S/C15H21NO7S/c1-5-22-10-8-15(13(18)19,14(10,2)3)16-12(17)9-6-7-11(23-9)24(4,20)21/h6-7,10H,5,8H2,1-4H3,(H,16,17)(H,18,19). The fourth-order valence-electron chi connectivity index (χ4n) is 2.93. The Bertz CT molecular complexity index is 765. The van der Waals surface area contributed by atoms with Gasteiger partial charge >= 0.3 is 5.97 Å². The SMILES string of the molecule is CCOC1CC(NC(=O)c2ccc(S(C)(=O)=O)o2)(C(=O)O)C1(C)C. The Labute approximate surface area is 140 Å². The Morgan fingerprint density at radius 1 is 1.42 bits per heavy atom. The minimum atomic E-state index is -3.59. The first-order valence-corrected chi connectivity index (χ1v) is 9.32. The van der Waals surface area contributed by atoms with Crippen molar-refractivity contribution in [3.05, 3.63) is 17.9 Å². The molecule has 1 heterocycles. The van der Waals surface area contributed by atoms with Crippen LogP contribution >= 0.6 is 0 Å². The third-order valence-corrected chi connectivity index (χ3v) is 5.58. The molecule has 0 aliphatic heterocycles. The van der Waals surface area contributed by atoms with Crippen molar-refractivity contribution in [2.45, 2.75) is 43.9 Å². The molecule has 2 N–H and O–H groups in total. The van der Waals surface area contributed by atoms with Crippen LogP contribution in [0.2, 0.25) is 0 Å². The number of aliphatic carboxylic acids is 1. The molecule has 1 aromatic rings. The second-order valence-electron chi connectivity index (χ2n) is 6.43. The average molecular weight is 359 g/mol. The minimum Gasteiger partial charge on any atom is -0.479 e. The zero-order valence-corrected chi connectivity index (χ0v) is 14.8. The highest BCUT2D eigenvalue weighted by molar-refractivity contribution is 7.90. The molecule has 2 rings (SSSR count). The number of ether oxygens (including phenoxy) is 1. The maximum absolute atomic E-state index is 12.3. The third kappa shape index (κ3) is 2.82. The smallest absolute Gasteiger partial charge is 0.330 e. The second-order valence-corrected chi connectivity index (χ2v) is 8.37. The first-order chi connectivity index (χ1) is 11.0. The molecule has 1 fully saturated rings. The van der Waals surface area contributed by atoms with E-state index < -0.39 is 32.7 Å². The van der Waals surface area contributed by atoms with Crippen molar-refractivity contribution in [3.8, 4) is 0 Å². The van der Waals surface area contributed by atoms with Crippen molar-refractivity contribution in [2.24, 2.45) is 5.41 Å². The van der Waals surface area contributed by atoms with Crippen LogP contribution in [0.1, 0.15) is 37.7 Å². The lowest BCUT2D eigenvalue weighted by Gasteiger charge is -2.58. The summed E-state index contributed by atoms with van der Waals surface area (Å²) in [6.45, 7) is 5.66. The molecule has 1 aliphatic rings. The maximum Gasteiger partial charge on any atom is 0.330 e. The van der Waals surface area contributed by atoms with Crippen LogP contribution < -0.4 is 5.32 Å². The Hall–Kier alpha value is -1.87. The number of carboxylic acid groups (broad SMARTS) is 1. The van der Waals surface area contributed by atoms with Crippen LogP contribution in [-0.4, -0.2) is 49.9 Å². The monoisotopic (exact) mass is 359 g/mol. The Morgan fingerprint density at radius 2 is 2.04 bits per heavy atom. The van der Waals surface area contributed by atoms with Crippen LogP contribution in [0.5, 0.6) is 0 Å². The molecule has 0 spiro atoms. The largest absolute Gasteiger partial charge is 0.479 e. The van der Waals surface area contributed by atoms with Crippen LogP contribution in [0.15, 0.2) is 21.6 Å². The molecule has 1 saturated carbocycles. The lowest BCUT2D eigenvalue weighted by molar-refractivity contribution is -0.190. The van der Waals surface area contributed by atoms with E-state index in [1.807, 2.05) is 6.92 Å². The molecule has 0 radical (unpaired) electrons. The fraction of sp³-hybridized carbons (Fsp3) is 0.600. The predicted octanol–water partition coefficient (Wildman–Crippen LogP) is 1.07. The number of carbonyl (C=O) groups excluding carboxylic acids is 1. The molecule has 0 bridgehead atoms. The lowest BCUT2D eigenvalue weighted by Crippen LogP contribution is -2.76. The number of hydrogen-bond acceptors (Lipinski definition) is 6. The highest BCUT2D eigenvalue weighted by atomic mass is 32.2. The molecule has 8 nitrogen and oxygen atoms in total.